The second-order valence-corrected chi connectivity index (χ2v) is 2.68. The highest BCUT2D eigenvalue weighted by molar-refractivity contribution is 5.69. The molecule has 13 heavy (non-hydrogen) atoms. The van der Waals surface area contributed by atoms with Crippen LogP contribution in [0.15, 0.2) is 12.2 Å². The van der Waals surface area contributed by atoms with E-state index in [2.05, 4.69) is 0 Å². The first-order valence-corrected chi connectivity index (χ1v) is 4.29. The minimum absolute atomic E-state index is 0.344. The Balaban J connectivity index is 2.63. The van der Waals surface area contributed by atoms with Crippen molar-refractivity contribution in [1.82, 2.24) is 4.90 Å². The van der Waals surface area contributed by atoms with E-state index in [0.29, 0.717) is 13.2 Å². The summed E-state index contributed by atoms with van der Waals surface area (Å²) in [5.41, 5.74) is 0. The molecule has 4 nitrogen and oxygen atoms in total. The van der Waals surface area contributed by atoms with Gasteiger partial charge in [-0.15, -0.1) is 0 Å². The number of carbonyl (C=O) groups is 1. The quantitative estimate of drug-likeness (QED) is 0.571. The highest BCUT2D eigenvalue weighted by Gasteiger charge is 2.23. The van der Waals surface area contributed by atoms with Gasteiger partial charge in [0.1, 0.15) is 6.04 Å². The Bertz CT molecular complexity index is 255. The maximum absolute atomic E-state index is 11.3. The van der Waals surface area contributed by atoms with Gasteiger partial charge < -0.3 is 4.74 Å². The Kier molecular flexibility index (Phi) is 3.32. The fourth-order valence-electron chi connectivity index (χ4n) is 1.21. The number of nitrogens with zero attached hydrogens (tertiary/aromatic N) is 2. The third-order valence-electron chi connectivity index (χ3n) is 1.83. The van der Waals surface area contributed by atoms with Gasteiger partial charge in [0.05, 0.1) is 12.7 Å². The number of hydrogen-bond donors (Lipinski definition) is 0. The number of nitriles is 1. The van der Waals surface area contributed by atoms with Crippen molar-refractivity contribution >= 4 is 6.09 Å². The van der Waals surface area contributed by atoms with Gasteiger partial charge >= 0.3 is 6.09 Å². The van der Waals surface area contributed by atoms with Gasteiger partial charge in [0.15, 0.2) is 0 Å². The third kappa shape index (κ3) is 2.22. The number of amides is 1. The molecule has 1 heterocycles. The molecule has 1 amide bonds. The third-order valence-corrected chi connectivity index (χ3v) is 1.83. The van der Waals surface area contributed by atoms with Gasteiger partial charge in [-0.25, -0.2) is 4.79 Å². The molecule has 1 aliphatic rings. The molecular formula is C9H12N2O2. The van der Waals surface area contributed by atoms with Crippen LogP contribution in [0.3, 0.4) is 0 Å². The highest BCUT2D eigenvalue weighted by atomic mass is 16.6. The molecule has 1 rings (SSSR count). The molecule has 0 saturated heterocycles. The maximum Gasteiger partial charge on any atom is 0.411 e. The van der Waals surface area contributed by atoms with Crippen LogP contribution in [0.5, 0.6) is 0 Å². The van der Waals surface area contributed by atoms with Crippen LogP contribution in [-0.4, -0.2) is 30.2 Å². The lowest BCUT2D eigenvalue weighted by Gasteiger charge is -2.26. The zero-order chi connectivity index (χ0) is 9.68. The van der Waals surface area contributed by atoms with Gasteiger partial charge in [-0.3, -0.25) is 4.90 Å². The van der Waals surface area contributed by atoms with E-state index < -0.39 is 12.1 Å². The Labute approximate surface area is 77.4 Å². The van der Waals surface area contributed by atoms with Crippen LogP contribution in [0.1, 0.15) is 13.3 Å². The predicted octanol–water partition coefficient (Wildman–Crippen LogP) is 1.30. The number of hydrogen-bond acceptors (Lipinski definition) is 3. The van der Waals surface area contributed by atoms with Crippen LogP contribution in [0, 0.1) is 11.3 Å². The van der Waals surface area contributed by atoms with Gasteiger partial charge in [-0.05, 0) is 13.3 Å². The van der Waals surface area contributed by atoms with E-state index in [-0.39, 0.29) is 0 Å². The summed E-state index contributed by atoms with van der Waals surface area (Å²) in [5.74, 6) is 0. The SMILES string of the molecule is CCOC(=O)N1CCC=CC1C#N. The molecule has 0 fully saturated rings. The summed E-state index contributed by atoms with van der Waals surface area (Å²) in [6.45, 7) is 2.66. The average molecular weight is 180 g/mol. The van der Waals surface area contributed by atoms with Crippen molar-refractivity contribution < 1.29 is 9.53 Å². The second-order valence-electron chi connectivity index (χ2n) is 2.68. The molecule has 0 bridgehead atoms. The molecule has 70 valence electrons. The van der Waals surface area contributed by atoms with Crippen LogP contribution in [0.2, 0.25) is 0 Å². The Morgan fingerprint density at radius 1 is 1.85 bits per heavy atom. The first-order chi connectivity index (χ1) is 6.29. The summed E-state index contributed by atoms with van der Waals surface area (Å²) in [4.78, 5) is 12.7. The van der Waals surface area contributed by atoms with Crippen LogP contribution >= 0.6 is 0 Å². The maximum atomic E-state index is 11.3. The van der Waals surface area contributed by atoms with Gasteiger partial charge in [0.2, 0.25) is 0 Å². The van der Waals surface area contributed by atoms with E-state index in [9.17, 15) is 4.79 Å². The molecule has 0 spiro atoms. The van der Waals surface area contributed by atoms with E-state index in [4.69, 9.17) is 10.00 Å². The first kappa shape index (κ1) is 9.59. The van der Waals surface area contributed by atoms with Crippen molar-refractivity contribution in [2.45, 2.75) is 19.4 Å². The number of rotatable bonds is 1. The van der Waals surface area contributed by atoms with Crippen molar-refractivity contribution in [2.75, 3.05) is 13.2 Å². The van der Waals surface area contributed by atoms with Crippen molar-refractivity contribution in [2.24, 2.45) is 0 Å². The first-order valence-electron chi connectivity index (χ1n) is 4.29. The zero-order valence-electron chi connectivity index (χ0n) is 7.56. The van der Waals surface area contributed by atoms with Crippen molar-refractivity contribution in [3.63, 3.8) is 0 Å². The van der Waals surface area contributed by atoms with Gasteiger partial charge in [0, 0.05) is 6.54 Å². The summed E-state index contributed by atoms with van der Waals surface area (Å²) >= 11 is 0. The zero-order valence-corrected chi connectivity index (χ0v) is 7.56. The topological polar surface area (TPSA) is 53.3 Å². The summed E-state index contributed by atoms with van der Waals surface area (Å²) in [5, 5.41) is 8.73. The Hall–Kier alpha value is -1.50. The summed E-state index contributed by atoms with van der Waals surface area (Å²) in [6.07, 6.45) is 4.01. The van der Waals surface area contributed by atoms with E-state index in [1.807, 2.05) is 12.1 Å². The van der Waals surface area contributed by atoms with E-state index in [1.165, 1.54) is 4.90 Å². The molecule has 0 aromatic rings. The van der Waals surface area contributed by atoms with Crippen LogP contribution in [-0.2, 0) is 4.74 Å². The molecule has 1 unspecified atom stereocenters. The van der Waals surface area contributed by atoms with E-state index in [0.717, 1.165) is 6.42 Å². The van der Waals surface area contributed by atoms with Crippen LogP contribution < -0.4 is 0 Å². The lowest BCUT2D eigenvalue weighted by Crippen LogP contribution is -2.41. The molecule has 4 heteroatoms. The fraction of sp³-hybridized carbons (Fsp3) is 0.556. The summed E-state index contributed by atoms with van der Waals surface area (Å²) < 4.78 is 4.82. The number of ether oxygens (including phenoxy) is 1. The van der Waals surface area contributed by atoms with Crippen molar-refractivity contribution in [3.05, 3.63) is 12.2 Å². The summed E-state index contributed by atoms with van der Waals surface area (Å²) in [6, 6.07) is 1.57. The minimum Gasteiger partial charge on any atom is -0.450 e. The largest absolute Gasteiger partial charge is 0.450 e. The van der Waals surface area contributed by atoms with E-state index >= 15 is 0 Å². The molecule has 0 saturated carbocycles. The molecule has 0 N–H and O–H groups in total. The standard InChI is InChI=1S/C9H12N2O2/c1-2-13-9(12)11-6-4-3-5-8(11)7-10/h3,5,8H,2,4,6H2,1H3. The van der Waals surface area contributed by atoms with Crippen LogP contribution in [0.25, 0.3) is 0 Å². The summed E-state index contributed by atoms with van der Waals surface area (Å²) in [7, 11) is 0. The Morgan fingerprint density at radius 3 is 3.23 bits per heavy atom. The van der Waals surface area contributed by atoms with E-state index in [1.54, 1.807) is 13.0 Å². The highest BCUT2D eigenvalue weighted by Crippen LogP contribution is 2.10. The van der Waals surface area contributed by atoms with Crippen LogP contribution in [0.4, 0.5) is 4.79 Å². The molecule has 0 radical (unpaired) electrons. The normalized spacial score (nSPS) is 20.9. The lowest BCUT2D eigenvalue weighted by atomic mass is 10.1. The molecule has 0 aromatic heterocycles. The second kappa shape index (κ2) is 4.51. The smallest absolute Gasteiger partial charge is 0.411 e. The minimum atomic E-state index is -0.465. The average Bonchev–Trinajstić information content (AvgIpc) is 2.18. The molecular weight excluding hydrogens is 168 g/mol. The molecule has 1 aliphatic heterocycles. The molecule has 0 aromatic carbocycles. The van der Waals surface area contributed by atoms with Gasteiger partial charge in [0.25, 0.3) is 0 Å². The van der Waals surface area contributed by atoms with Gasteiger partial charge in [-0.1, -0.05) is 12.2 Å². The van der Waals surface area contributed by atoms with Crippen molar-refractivity contribution in [3.8, 4) is 6.07 Å². The fourth-order valence-corrected chi connectivity index (χ4v) is 1.21. The van der Waals surface area contributed by atoms with Crippen molar-refractivity contribution in [1.29, 1.82) is 5.26 Å². The molecule has 0 aliphatic carbocycles. The molecule has 1 atom stereocenters. The predicted molar refractivity (Wildman–Crippen MR) is 46.9 cm³/mol. The number of carbonyl (C=O) groups excluding carboxylic acids is 1. The monoisotopic (exact) mass is 180 g/mol. The lowest BCUT2D eigenvalue weighted by molar-refractivity contribution is 0.103. The Morgan fingerprint density at radius 2 is 2.62 bits per heavy atom. The van der Waals surface area contributed by atoms with Gasteiger partial charge in [-0.2, -0.15) is 5.26 Å².